The van der Waals surface area contributed by atoms with Crippen LogP contribution in [0.5, 0.6) is 5.75 Å². The fourth-order valence-corrected chi connectivity index (χ4v) is 3.72. The lowest BCUT2D eigenvalue weighted by molar-refractivity contribution is -0.253. The van der Waals surface area contributed by atoms with Crippen LogP contribution in [-0.2, 0) is 16.7 Å². The number of carbonyl (C=O) groups is 1. The molecule has 0 saturated carbocycles. The van der Waals surface area contributed by atoms with Gasteiger partial charge < -0.3 is 14.8 Å². The molecule has 4 nitrogen and oxygen atoms in total. The minimum Gasteiger partial charge on any atom is -0.449 e. The smallest absolute Gasteiger partial charge is 0.449 e. The minimum absolute atomic E-state index is 0.0224. The summed E-state index contributed by atoms with van der Waals surface area (Å²) in [6, 6.07) is 15.9. The second-order valence-electron chi connectivity index (χ2n) is 8.83. The van der Waals surface area contributed by atoms with Crippen LogP contribution < -0.4 is 10.1 Å². The molecule has 3 aromatic rings. The van der Waals surface area contributed by atoms with Gasteiger partial charge in [0.25, 0.3) is 0 Å². The van der Waals surface area contributed by atoms with Crippen LogP contribution in [0.4, 0.5) is 31.1 Å². The maximum absolute atomic E-state index is 14.7. The van der Waals surface area contributed by atoms with Gasteiger partial charge in [-0.15, -0.1) is 0 Å². The normalized spacial score (nSPS) is 13.4. The molecule has 10 heteroatoms. The van der Waals surface area contributed by atoms with Crippen LogP contribution >= 0.6 is 0 Å². The fraction of sp³-hybridized carbons (Fsp3) is 0.296. The average molecular weight is 525 g/mol. The summed E-state index contributed by atoms with van der Waals surface area (Å²) >= 11 is 0. The summed E-state index contributed by atoms with van der Waals surface area (Å²) in [6.07, 6.45) is -10.1. The van der Waals surface area contributed by atoms with Crippen LogP contribution in [0.1, 0.15) is 30.5 Å². The molecule has 0 aliphatic heterocycles. The molecule has 37 heavy (non-hydrogen) atoms. The monoisotopic (exact) mass is 525 g/mol. The van der Waals surface area contributed by atoms with E-state index < -0.39 is 41.6 Å². The zero-order valence-electron chi connectivity index (χ0n) is 20.0. The van der Waals surface area contributed by atoms with E-state index in [1.807, 2.05) is 13.8 Å². The van der Waals surface area contributed by atoms with Gasteiger partial charge in [0, 0.05) is 12.5 Å². The van der Waals surface area contributed by atoms with Gasteiger partial charge >= 0.3 is 18.6 Å². The number of rotatable bonds is 10. The van der Waals surface area contributed by atoms with Gasteiger partial charge in [-0.2, -0.15) is 17.6 Å². The Bertz CT molecular complexity index is 1190. The summed E-state index contributed by atoms with van der Waals surface area (Å²) in [7, 11) is 0. The van der Waals surface area contributed by atoms with Gasteiger partial charge in [0.15, 0.2) is 0 Å². The minimum atomic E-state index is -4.90. The second-order valence-corrected chi connectivity index (χ2v) is 8.83. The number of alkyl carbamates (subject to hydrolysis) is 1. The van der Waals surface area contributed by atoms with Crippen molar-refractivity contribution in [3.05, 3.63) is 101 Å². The first-order chi connectivity index (χ1) is 17.4. The van der Waals surface area contributed by atoms with Crippen LogP contribution in [0.15, 0.2) is 72.8 Å². The highest BCUT2D eigenvalue weighted by molar-refractivity contribution is 5.70. The van der Waals surface area contributed by atoms with Crippen molar-refractivity contribution in [1.82, 2.24) is 5.32 Å². The SMILES string of the molecule is CC(C)COC(=O)NC(Cc1ccccc1)(c1ccc(F)cc1)c1cc(F)cc(OC(F)(F)C(F)F)c1. The van der Waals surface area contributed by atoms with Crippen molar-refractivity contribution in [3.8, 4) is 5.75 Å². The van der Waals surface area contributed by atoms with Crippen LogP contribution in [-0.4, -0.2) is 25.2 Å². The Hall–Kier alpha value is -3.69. The number of halogens is 6. The first-order valence-corrected chi connectivity index (χ1v) is 11.3. The van der Waals surface area contributed by atoms with E-state index in [2.05, 4.69) is 10.1 Å². The zero-order valence-corrected chi connectivity index (χ0v) is 20.0. The van der Waals surface area contributed by atoms with Gasteiger partial charge in [0.1, 0.15) is 17.4 Å². The van der Waals surface area contributed by atoms with E-state index in [9.17, 15) is 31.1 Å². The number of ether oxygens (including phenoxy) is 2. The number of hydrogen-bond donors (Lipinski definition) is 1. The van der Waals surface area contributed by atoms with Crippen molar-refractivity contribution < 1.29 is 40.6 Å². The molecule has 3 aromatic carbocycles. The Labute approximate surface area is 210 Å². The molecule has 0 radical (unpaired) electrons. The molecule has 3 rings (SSSR count). The highest BCUT2D eigenvalue weighted by Crippen LogP contribution is 2.38. The van der Waals surface area contributed by atoms with Crippen molar-refractivity contribution in [1.29, 1.82) is 0 Å². The average Bonchev–Trinajstić information content (AvgIpc) is 2.82. The van der Waals surface area contributed by atoms with Crippen LogP contribution in [0.25, 0.3) is 0 Å². The van der Waals surface area contributed by atoms with Crippen molar-refractivity contribution in [2.45, 2.75) is 38.3 Å². The summed E-state index contributed by atoms with van der Waals surface area (Å²) < 4.78 is 90.8. The molecule has 0 fully saturated rings. The molecular weight excluding hydrogens is 500 g/mol. The molecule has 0 aliphatic carbocycles. The predicted octanol–water partition coefficient (Wildman–Crippen LogP) is 7.07. The van der Waals surface area contributed by atoms with E-state index in [1.54, 1.807) is 30.3 Å². The first kappa shape index (κ1) is 27.9. The van der Waals surface area contributed by atoms with Crippen molar-refractivity contribution >= 4 is 6.09 Å². The van der Waals surface area contributed by atoms with Gasteiger partial charge in [0.05, 0.1) is 12.1 Å². The first-order valence-electron chi connectivity index (χ1n) is 11.3. The summed E-state index contributed by atoms with van der Waals surface area (Å²) in [5, 5.41) is 2.68. The number of amides is 1. The highest BCUT2D eigenvalue weighted by Gasteiger charge is 2.45. The molecule has 0 spiro atoms. The predicted molar refractivity (Wildman–Crippen MR) is 125 cm³/mol. The number of alkyl halides is 4. The molecule has 0 heterocycles. The Morgan fingerprint density at radius 1 is 0.892 bits per heavy atom. The summed E-state index contributed by atoms with van der Waals surface area (Å²) in [4.78, 5) is 12.9. The standard InChI is InChI=1S/C27H25F6NO3/c1-17(2)16-36-25(35)34-26(15-18-6-4-3-5-7-18,19-8-10-21(28)11-9-19)20-12-22(29)14-23(13-20)37-27(32,33)24(30)31/h3-14,17,24H,15-16H2,1-2H3,(H,34,35). The summed E-state index contributed by atoms with van der Waals surface area (Å²) in [5.41, 5.74) is -0.953. The van der Waals surface area contributed by atoms with E-state index in [0.29, 0.717) is 11.6 Å². The number of benzene rings is 3. The third-order valence-electron chi connectivity index (χ3n) is 5.38. The number of nitrogens with one attached hydrogen (secondary N) is 1. The maximum Gasteiger partial charge on any atom is 0.461 e. The fourth-order valence-electron chi connectivity index (χ4n) is 3.72. The van der Waals surface area contributed by atoms with E-state index in [1.165, 1.54) is 12.1 Å². The third kappa shape index (κ3) is 7.18. The largest absolute Gasteiger partial charge is 0.461 e. The molecule has 0 aromatic heterocycles. The van der Waals surface area contributed by atoms with E-state index in [-0.39, 0.29) is 30.1 Å². The molecule has 0 aliphatic rings. The van der Waals surface area contributed by atoms with E-state index in [4.69, 9.17) is 4.74 Å². The molecular formula is C27H25F6NO3. The Morgan fingerprint density at radius 2 is 1.54 bits per heavy atom. The zero-order chi connectivity index (χ0) is 27.2. The third-order valence-corrected chi connectivity index (χ3v) is 5.38. The van der Waals surface area contributed by atoms with Crippen molar-refractivity contribution in [2.24, 2.45) is 5.92 Å². The lowest BCUT2D eigenvalue weighted by Gasteiger charge is -2.36. The second kappa shape index (κ2) is 11.6. The van der Waals surface area contributed by atoms with Crippen molar-refractivity contribution in [3.63, 3.8) is 0 Å². The molecule has 0 bridgehead atoms. The van der Waals surface area contributed by atoms with Gasteiger partial charge in [-0.25, -0.2) is 13.6 Å². The summed E-state index contributed by atoms with van der Waals surface area (Å²) in [5.74, 6) is -2.60. The van der Waals surface area contributed by atoms with Gasteiger partial charge in [-0.05, 0) is 46.9 Å². The quantitative estimate of drug-likeness (QED) is 0.288. The van der Waals surface area contributed by atoms with Crippen LogP contribution in [0.2, 0.25) is 0 Å². The van der Waals surface area contributed by atoms with E-state index >= 15 is 0 Å². The number of carbonyl (C=O) groups excluding carboxylic acids is 1. The van der Waals surface area contributed by atoms with Crippen molar-refractivity contribution in [2.75, 3.05) is 6.61 Å². The topological polar surface area (TPSA) is 47.6 Å². The number of hydrogen-bond acceptors (Lipinski definition) is 3. The van der Waals surface area contributed by atoms with Gasteiger partial charge in [-0.1, -0.05) is 56.3 Å². The van der Waals surface area contributed by atoms with Gasteiger partial charge in [-0.3, -0.25) is 0 Å². The summed E-state index contributed by atoms with van der Waals surface area (Å²) in [6.45, 7) is 3.66. The lowest BCUT2D eigenvalue weighted by Crippen LogP contribution is -2.49. The van der Waals surface area contributed by atoms with E-state index in [0.717, 1.165) is 24.3 Å². The molecule has 1 atom stereocenters. The molecule has 1 amide bonds. The lowest BCUT2D eigenvalue weighted by atomic mass is 9.78. The molecule has 0 saturated heterocycles. The van der Waals surface area contributed by atoms with Crippen LogP contribution in [0.3, 0.4) is 0 Å². The Morgan fingerprint density at radius 3 is 2.14 bits per heavy atom. The maximum atomic E-state index is 14.7. The van der Waals surface area contributed by atoms with Gasteiger partial charge in [0.2, 0.25) is 0 Å². The van der Waals surface area contributed by atoms with Crippen LogP contribution in [0, 0.1) is 17.6 Å². The Balaban J connectivity index is 2.22. The molecule has 1 unspecified atom stereocenters. The molecule has 198 valence electrons. The molecule has 1 N–H and O–H groups in total. The highest BCUT2D eigenvalue weighted by atomic mass is 19.3. The Kier molecular flexibility index (Phi) is 8.73.